The molecule has 0 saturated heterocycles. The Balaban J connectivity index is 2.37. The molecule has 0 aromatic heterocycles. The average molecular weight is 322 g/mol. The van der Waals surface area contributed by atoms with Crippen molar-refractivity contribution in [1.29, 1.82) is 0 Å². The van der Waals surface area contributed by atoms with Gasteiger partial charge < -0.3 is 10.5 Å². The van der Waals surface area contributed by atoms with Crippen molar-refractivity contribution in [2.24, 2.45) is 5.73 Å². The van der Waals surface area contributed by atoms with Gasteiger partial charge in [-0.2, -0.15) is 13.2 Å². The summed E-state index contributed by atoms with van der Waals surface area (Å²) in [5, 5.41) is 0. The minimum Gasteiger partial charge on any atom is -0.496 e. The van der Waals surface area contributed by atoms with Crippen LogP contribution in [0, 0.1) is 0 Å². The van der Waals surface area contributed by atoms with E-state index in [4.69, 9.17) is 10.5 Å². The lowest BCUT2D eigenvalue weighted by molar-refractivity contribution is -0.137. The number of halogens is 4. The quantitative estimate of drug-likeness (QED) is 0.899. The number of benzene rings is 1. The Hall–Kier alpha value is -1.01. The van der Waals surface area contributed by atoms with Crippen molar-refractivity contribution in [3.8, 4) is 0 Å². The largest absolute Gasteiger partial charge is 0.496 e. The third-order valence-electron chi connectivity index (χ3n) is 2.70. The predicted molar refractivity (Wildman–Crippen MR) is 64.7 cm³/mol. The Labute approximate surface area is 111 Å². The van der Waals surface area contributed by atoms with Crippen LogP contribution in [0.2, 0.25) is 0 Å². The van der Waals surface area contributed by atoms with Crippen molar-refractivity contribution < 1.29 is 17.9 Å². The van der Waals surface area contributed by atoms with E-state index in [1.54, 1.807) is 6.08 Å². The van der Waals surface area contributed by atoms with Gasteiger partial charge in [0.2, 0.25) is 0 Å². The van der Waals surface area contributed by atoms with Gasteiger partial charge in [0, 0.05) is 10.9 Å². The molecule has 1 atom stereocenters. The third kappa shape index (κ3) is 2.70. The first-order valence-electron chi connectivity index (χ1n) is 5.34. The van der Waals surface area contributed by atoms with E-state index in [0.29, 0.717) is 22.4 Å². The van der Waals surface area contributed by atoms with E-state index in [0.717, 1.165) is 18.6 Å². The molecule has 0 radical (unpaired) electrons. The van der Waals surface area contributed by atoms with Gasteiger partial charge in [0.15, 0.2) is 0 Å². The molecule has 0 spiro atoms. The van der Waals surface area contributed by atoms with Crippen LogP contribution in [-0.4, -0.2) is 6.61 Å². The maximum absolute atomic E-state index is 12.6. The number of ether oxygens (including phenoxy) is 1. The summed E-state index contributed by atoms with van der Waals surface area (Å²) in [6.45, 7) is 0.527. The molecule has 0 saturated carbocycles. The van der Waals surface area contributed by atoms with Crippen LogP contribution in [0.15, 0.2) is 34.5 Å². The van der Waals surface area contributed by atoms with Gasteiger partial charge in [-0.3, -0.25) is 0 Å². The van der Waals surface area contributed by atoms with E-state index in [1.807, 2.05) is 0 Å². The fourth-order valence-electron chi connectivity index (χ4n) is 1.77. The Morgan fingerprint density at radius 3 is 2.61 bits per heavy atom. The molecule has 0 amide bonds. The molecule has 0 bridgehead atoms. The van der Waals surface area contributed by atoms with Gasteiger partial charge in [0.05, 0.1) is 18.2 Å². The lowest BCUT2D eigenvalue weighted by Crippen LogP contribution is -2.16. The molecule has 1 aliphatic heterocycles. The number of alkyl halides is 3. The number of nitrogens with two attached hydrogens (primary N) is 1. The first-order valence-corrected chi connectivity index (χ1v) is 6.14. The average Bonchev–Trinajstić information content (AvgIpc) is 2.80. The zero-order valence-corrected chi connectivity index (χ0v) is 10.9. The molecule has 2 rings (SSSR count). The minimum atomic E-state index is -4.37. The molecule has 18 heavy (non-hydrogen) atoms. The number of hydrogen-bond acceptors (Lipinski definition) is 2. The van der Waals surface area contributed by atoms with Crippen molar-refractivity contribution in [2.75, 3.05) is 6.61 Å². The van der Waals surface area contributed by atoms with Crippen molar-refractivity contribution in [3.05, 3.63) is 45.6 Å². The van der Waals surface area contributed by atoms with Crippen LogP contribution in [0.25, 0.3) is 0 Å². The monoisotopic (exact) mass is 321 g/mol. The second-order valence-corrected chi connectivity index (χ2v) is 4.81. The number of rotatable bonds is 2. The zero-order chi connectivity index (χ0) is 13.3. The molecule has 1 unspecified atom stereocenters. The number of hydrogen-bond donors (Lipinski definition) is 1. The summed E-state index contributed by atoms with van der Waals surface area (Å²) in [5.41, 5.74) is 5.58. The Bertz CT molecular complexity index is 485. The van der Waals surface area contributed by atoms with E-state index < -0.39 is 17.8 Å². The summed E-state index contributed by atoms with van der Waals surface area (Å²) in [7, 11) is 0. The van der Waals surface area contributed by atoms with Gasteiger partial charge in [0.25, 0.3) is 0 Å². The molecule has 6 heteroatoms. The van der Waals surface area contributed by atoms with Crippen molar-refractivity contribution in [1.82, 2.24) is 0 Å². The molecule has 0 fully saturated rings. The van der Waals surface area contributed by atoms with Crippen molar-refractivity contribution >= 4 is 15.9 Å². The van der Waals surface area contributed by atoms with Gasteiger partial charge in [-0.25, -0.2) is 0 Å². The van der Waals surface area contributed by atoms with E-state index >= 15 is 0 Å². The van der Waals surface area contributed by atoms with Crippen molar-refractivity contribution in [2.45, 2.75) is 18.6 Å². The Morgan fingerprint density at radius 2 is 2.06 bits per heavy atom. The molecule has 2 nitrogen and oxygen atoms in total. The standard InChI is InChI=1S/C12H11BrF3NO/c13-9-4-3-7(12(14,15)16)6-8(9)11(17)10-2-1-5-18-10/h2-4,6,11H,1,5,17H2. The first kappa shape index (κ1) is 13.4. The Morgan fingerprint density at radius 1 is 1.33 bits per heavy atom. The van der Waals surface area contributed by atoms with Crippen LogP contribution in [0.4, 0.5) is 13.2 Å². The van der Waals surface area contributed by atoms with E-state index in [9.17, 15) is 13.2 Å². The van der Waals surface area contributed by atoms with Gasteiger partial charge in [-0.1, -0.05) is 15.9 Å². The molecule has 2 N–H and O–H groups in total. The summed E-state index contributed by atoms with van der Waals surface area (Å²) in [5.74, 6) is 0.523. The van der Waals surface area contributed by atoms with Gasteiger partial charge in [0.1, 0.15) is 5.76 Å². The molecule has 1 aliphatic rings. The lowest BCUT2D eigenvalue weighted by Gasteiger charge is -2.17. The first-order chi connectivity index (χ1) is 8.39. The van der Waals surface area contributed by atoms with Gasteiger partial charge >= 0.3 is 6.18 Å². The molecular formula is C12H11BrF3NO. The van der Waals surface area contributed by atoms with Crippen molar-refractivity contribution in [3.63, 3.8) is 0 Å². The van der Waals surface area contributed by atoms with Gasteiger partial charge in [-0.05, 0) is 29.8 Å². The summed E-state index contributed by atoms with van der Waals surface area (Å²) >= 11 is 3.21. The van der Waals surface area contributed by atoms with E-state index in [-0.39, 0.29) is 0 Å². The fourth-order valence-corrected chi connectivity index (χ4v) is 2.26. The molecular weight excluding hydrogens is 311 g/mol. The van der Waals surface area contributed by atoms with Crippen LogP contribution < -0.4 is 5.73 Å². The highest BCUT2D eigenvalue weighted by molar-refractivity contribution is 9.10. The zero-order valence-electron chi connectivity index (χ0n) is 9.30. The van der Waals surface area contributed by atoms with Crippen LogP contribution in [0.3, 0.4) is 0 Å². The molecule has 1 aromatic carbocycles. The maximum Gasteiger partial charge on any atom is 0.416 e. The van der Waals surface area contributed by atoms with E-state index in [2.05, 4.69) is 15.9 Å². The molecule has 1 heterocycles. The highest BCUT2D eigenvalue weighted by atomic mass is 79.9. The molecule has 98 valence electrons. The topological polar surface area (TPSA) is 35.2 Å². The predicted octanol–water partition coefficient (Wildman–Crippen LogP) is 3.77. The summed E-state index contributed by atoms with van der Waals surface area (Å²) in [6, 6.07) is 2.75. The van der Waals surface area contributed by atoms with Crippen LogP contribution in [0.1, 0.15) is 23.6 Å². The fraction of sp³-hybridized carbons (Fsp3) is 0.333. The van der Waals surface area contributed by atoms with Crippen LogP contribution >= 0.6 is 15.9 Å². The van der Waals surface area contributed by atoms with Gasteiger partial charge in [-0.15, -0.1) is 0 Å². The third-order valence-corrected chi connectivity index (χ3v) is 3.42. The smallest absolute Gasteiger partial charge is 0.416 e. The van der Waals surface area contributed by atoms with Crippen LogP contribution in [-0.2, 0) is 10.9 Å². The summed E-state index contributed by atoms with van der Waals surface area (Å²) < 4.78 is 43.7. The second kappa shape index (κ2) is 4.93. The summed E-state index contributed by atoms with van der Waals surface area (Å²) in [4.78, 5) is 0. The second-order valence-electron chi connectivity index (χ2n) is 3.96. The SMILES string of the molecule is NC(C1=CCCO1)c1cc(C(F)(F)F)ccc1Br. The lowest BCUT2D eigenvalue weighted by atomic mass is 10.0. The maximum atomic E-state index is 12.6. The highest BCUT2D eigenvalue weighted by Gasteiger charge is 2.32. The van der Waals surface area contributed by atoms with Crippen LogP contribution in [0.5, 0.6) is 0 Å². The molecule has 1 aromatic rings. The van der Waals surface area contributed by atoms with E-state index in [1.165, 1.54) is 6.07 Å². The minimum absolute atomic E-state index is 0.373. The normalized spacial score (nSPS) is 17.3. The Kier molecular flexibility index (Phi) is 3.68. The molecule has 0 aliphatic carbocycles. The summed E-state index contributed by atoms with van der Waals surface area (Å²) in [6.07, 6.45) is -1.84. The highest BCUT2D eigenvalue weighted by Crippen LogP contribution is 2.35.